The van der Waals surface area contributed by atoms with E-state index in [1.165, 1.54) is 12.3 Å². The van der Waals surface area contributed by atoms with Crippen LogP contribution in [0.5, 0.6) is 0 Å². The summed E-state index contributed by atoms with van der Waals surface area (Å²) in [7, 11) is 0. The number of nitrogens with zero attached hydrogens (tertiary/aromatic N) is 1. The molecule has 1 aliphatic carbocycles. The number of carbonyl (C=O) groups is 2. The summed E-state index contributed by atoms with van der Waals surface area (Å²) in [6.45, 7) is 0. The maximum absolute atomic E-state index is 12.7. The summed E-state index contributed by atoms with van der Waals surface area (Å²) in [6.07, 6.45) is 5.90. The molecule has 1 saturated carbocycles. The summed E-state index contributed by atoms with van der Waals surface area (Å²) >= 11 is 0. The first-order chi connectivity index (χ1) is 10.0. The Labute approximate surface area is 122 Å². The molecule has 5 nitrogen and oxygen atoms in total. The van der Waals surface area contributed by atoms with E-state index in [9.17, 15) is 19.1 Å². The molecule has 1 heterocycles. The second kappa shape index (κ2) is 6.65. The van der Waals surface area contributed by atoms with Gasteiger partial charge in [-0.1, -0.05) is 25.7 Å². The third-order valence-electron chi connectivity index (χ3n) is 4.02. The first kappa shape index (κ1) is 15.4. The van der Waals surface area contributed by atoms with Crippen molar-refractivity contribution in [2.24, 2.45) is 5.41 Å². The van der Waals surface area contributed by atoms with Gasteiger partial charge in [0.05, 0.1) is 17.3 Å². The average Bonchev–Trinajstić information content (AvgIpc) is 2.68. The maximum Gasteiger partial charge on any atom is 0.310 e. The largest absolute Gasteiger partial charge is 0.481 e. The molecule has 1 fully saturated rings. The highest BCUT2D eigenvalue weighted by Crippen LogP contribution is 2.38. The molecule has 0 aromatic carbocycles. The Bertz CT molecular complexity index is 508. The zero-order valence-electron chi connectivity index (χ0n) is 11.8. The van der Waals surface area contributed by atoms with E-state index in [2.05, 4.69) is 10.3 Å². The van der Waals surface area contributed by atoms with Crippen LogP contribution >= 0.6 is 0 Å². The summed E-state index contributed by atoms with van der Waals surface area (Å²) in [4.78, 5) is 27.2. The molecule has 6 heteroatoms. The van der Waals surface area contributed by atoms with Crippen LogP contribution in [-0.4, -0.2) is 22.0 Å². The highest BCUT2D eigenvalue weighted by Gasteiger charge is 2.40. The number of pyridine rings is 1. The Hall–Kier alpha value is -1.98. The van der Waals surface area contributed by atoms with Gasteiger partial charge in [-0.3, -0.25) is 9.59 Å². The van der Waals surface area contributed by atoms with Crippen LogP contribution in [0.3, 0.4) is 0 Å². The molecule has 2 N–H and O–H groups in total. The van der Waals surface area contributed by atoms with E-state index in [0.717, 1.165) is 31.7 Å². The van der Waals surface area contributed by atoms with Gasteiger partial charge in [0.1, 0.15) is 0 Å². The number of hydrogen-bond donors (Lipinski definition) is 2. The standard InChI is InChI=1S/C15H19FN2O3/c16-12-6-5-11(10-17-12)18-13(19)9-15(14(20)21)7-3-1-2-4-8-15/h5-6,10H,1-4,7-9H2,(H,18,19)(H,20,21). The van der Waals surface area contributed by atoms with Gasteiger partial charge in [-0.15, -0.1) is 0 Å². The van der Waals surface area contributed by atoms with Crippen molar-refractivity contribution in [3.05, 3.63) is 24.3 Å². The minimum atomic E-state index is -0.978. The summed E-state index contributed by atoms with van der Waals surface area (Å²) in [6, 6.07) is 2.55. The Kier molecular flexibility index (Phi) is 4.88. The lowest BCUT2D eigenvalue weighted by Crippen LogP contribution is -2.35. The molecule has 0 saturated heterocycles. The number of hydrogen-bond acceptors (Lipinski definition) is 3. The monoisotopic (exact) mass is 294 g/mol. The molecule has 0 bridgehead atoms. The number of halogens is 1. The fourth-order valence-electron chi connectivity index (χ4n) is 2.83. The number of aliphatic carboxylic acids is 1. The van der Waals surface area contributed by atoms with E-state index in [4.69, 9.17) is 0 Å². The zero-order valence-corrected chi connectivity index (χ0v) is 11.8. The van der Waals surface area contributed by atoms with Gasteiger partial charge in [0.25, 0.3) is 0 Å². The molecule has 21 heavy (non-hydrogen) atoms. The van der Waals surface area contributed by atoms with E-state index in [1.54, 1.807) is 0 Å². The number of rotatable bonds is 4. The summed E-state index contributed by atoms with van der Waals surface area (Å²) < 4.78 is 12.7. The van der Waals surface area contributed by atoms with Gasteiger partial charge in [0, 0.05) is 6.42 Å². The van der Waals surface area contributed by atoms with Crippen LogP contribution in [0, 0.1) is 11.4 Å². The zero-order chi connectivity index (χ0) is 15.3. The van der Waals surface area contributed by atoms with Crippen molar-refractivity contribution in [1.29, 1.82) is 0 Å². The van der Waals surface area contributed by atoms with Gasteiger partial charge in [-0.05, 0) is 25.0 Å². The fourth-order valence-corrected chi connectivity index (χ4v) is 2.83. The van der Waals surface area contributed by atoms with Crippen molar-refractivity contribution in [2.75, 3.05) is 5.32 Å². The lowest BCUT2D eigenvalue weighted by Gasteiger charge is -2.27. The van der Waals surface area contributed by atoms with Crippen molar-refractivity contribution < 1.29 is 19.1 Å². The van der Waals surface area contributed by atoms with Gasteiger partial charge < -0.3 is 10.4 Å². The molecule has 0 spiro atoms. The van der Waals surface area contributed by atoms with Crippen molar-refractivity contribution in [1.82, 2.24) is 4.98 Å². The van der Waals surface area contributed by atoms with E-state index in [1.807, 2.05) is 0 Å². The number of carbonyl (C=O) groups excluding carboxylic acids is 1. The number of aromatic nitrogens is 1. The average molecular weight is 294 g/mol. The quantitative estimate of drug-likeness (QED) is 0.661. The lowest BCUT2D eigenvalue weighted by atomic mass is 9.77. The Morgan fingerprint density at radius 2 is 1.90 bits per heavy atom. The highest BCUT2D eigenvalue weighted by atomic mass is 19.1. The summed E-state index contributed by atoms with van der Waals surface area (Å²) in [5.41, 5.74) is -0.607. The van der Waals surface area contributed by atoms with Crippen molar-refractivity contribution >= 4 is 17.6 Å². The highest BCUT2D eigenvalue weighted by molar-refractivity contribution is 5.94. The Morgan fingerprint density at radius 1 is 1.24 bits per heavy atom. The topological polar surface area (TPSA) is 79.3 Å². The minimum absolute atomic E-state index is 0.0558. The second-order valence-electron chi connectivity index (χ2n) is 5.59. The molecule has 0 unspecified atom stereocenters. The molecule has 114 valence electrons. The number of nitrogens with one attached hydrogen (secondary N) is 1. The first-order valence-corrected chi connectivity index (χ1v) is 7.17. The molecule has 1 aromatic rings. The van der Waals surface area contributed by atoms with Crippen LogP contribution in [0.2, 0.25) is 0 Å². The van der Waals surface area contributed by atoms with Crippen molar-refractivity contribution in [2.45, 2.75) is 44.9 Å². The van der Waals surface area contributed by atoms with Crippen molar-refractivity contribution in [3.63, 3.8) is 0 Å². The molecular formula is C15H19FN2O3. The molecule has 1 aromatic heterocycles. The summed E-state index contributed by atoms with van der Waals surface area (Å²) in [5.74, 6) is -1.90. The smallest absolute Gasteiger partial charge is 0.310 e. The molecule has 2 rings (SSSR count). The molecule has 1 amide bonds. The van der Waals surface area contributed by atoms with Gasteiger partial charge in [-0.25, -0.2) is 4.98 Å². The second-order valence-corrected chi connectivity index (χ2v) is 5.59. The lowest BCUT2D eigenvalue weighted by molar-refractivity contribution is -0.152. The third-order valence-corrected chi connectivity index (χ3v) is 4.02. The predicted octanol–water partition coefficient (Wildman–Crippen LogP) is 2.97. The Morgan fingerprint density at radius 3 is 2.43 bits per heavy atom. The molecular weight excluding hydrogens is 275 g/mol. The number of carboxylic acid groups (broad SMARTS) is 1. The van der Waals surface area contributed by atoms with Gasteiger partial charge in [-0.2, -0.15) is 4.39 Å². The number of amides is 1. The van der Waals surface area contributed by atoms with E-state index in [0.29, 0.717) is 18.5 Å². The third kappa shape index (κ3) is 4.00. The maximum atomic E-state index is 12.7. The van der Waals surface area contributed by atoms with Crippen LogP contribution in [0.15, 0.2) is 18.3 Å². The van der Waals surface area contributed by atoms with Crippen LogP contribution in [0.1, 0.15) is 44.9 Å². The summed E-state index contributed by atoms with van der Waals surface area (Å²) in [5, 5.41) is 12.1. The van der Waals surface area contributed by atoms with E-state index >= 15 is 0 Å². The molecule has 0 radical (unpaired) electrons. The minimum Gasteiger partial charge on any atom is -0.481 e. The van der Waals surface area contributed by atoms with Gasteiger partial charge in [0.15, 0.2) is 0 Å². The Balaban J connectivity index is 2.04. The molecule has 0 aliphatic heterocycles. The predicted molar refractivity (Wildman–Crippen MR) is 75.2 cm³/mol. The first-order valence-electron chi connectivity index (χ1n) is 7.17. The number of anilines is 1. The van der Waals surface area contributed by atoms with E-state index in [-0.39, 0.29) is 12.3 Å². The van der Waals surface area contributed by atoms with E-state index < -0.39 is 17.3 Å². The fraction of sp³-hybridized carbons (Fsp3) is 0.533. The van der Waals surface area contributed by atoms with Crippen LogP contribution in [0.4, 0.5) is 10.1 Å². The normalized spacial score (nSPS) is 17.8. The van der Waals surface area contributed by atoms with Crippen LogP contribution in [0.25, 0.3) is 0 Å². The van der Waals surface area contributed by atoms with Gasteiger partial charge in [0.2, 0.25) is 11.9 Å². The van der Waals surface area contributed by atoms with Crippen molar-refractivity contribution in [3.8, 4) is 0 Å². The molecule has 1 aliphatic rings. The number of carboxylic acids is 1. The SMILES string of the molecule is O=C(CC1(C(=O)O)CCCCCC1)Nc1ccc(F)nc1. The van der Waals surface area contributed by atoms with Crippen LogP contribution in [-0.2, 0) is 9.59 Å². The van der Waals surface area contributed by atoms with Gasteiger partial charge >= 0.3 is 5.97 Å². The van der Waals surface area contributed by atoms with Crippen LogP contribution < -0.4 is 5.32 Å². The molecule has 0 atom stereocenters.